The molecule has 0 saturated heterocycles. The van der Waals surface area contributed by atoms with Gasteiger partial charge in [0.05, 0.1) is 11.3 Å². The van der Waals surface area contributed by atoms with Crippen molar-refractivity contribution in [1.29, 1.82) is 0 Å². The molecule has 0 aliphatic rings. The molecule has 2 N–H and O–H groups in total. The summed E-state index contributed by atoms with van der Waals surface area (Å²) in [7, 11) is 0. The molecule has 102 valence electrons. The molecule has 19 heavy (non-hydrogen) atoms. The Morgan fingerprint density at radius 1 is 1.26 bits per heavy atom. The fourth-order valence-electron chi connectivity index (χ4n) is 1.91. The van der Waals surface area contributed by atoms with Crippen LogP contribution >= 0.6 is 0 Å². The summed E-state index contributed by atoms with van der Waals surface area (Å²) in [4.78, 5) is 0. The summed E-state index contributed by atoms with van der Waals surface area (Å²) in [6, 6.07) is 8.01. The van der Waals surface area contributed by atoms with E-state index in [1.54, 1.807) is 0 Å². The quantitative estimate of drug-likeness (QED) is 0.896. The van der Waals surface area contributed by atoms with Crippen molar-refractivity contribution >= 4 is 0 Å². The van der Waals surface area contributed by atoms with Crippen LogP contribution in [-0.4, -0.2) is 5.16 Å². The first-order valence-corrected chi connectivity index (χ1v) is 6.52. The highest BCUT2D eigenvalue weighted by Crippen LogP contribution is 2.20. The number of aryl methyl sites for hydroxylation is 2. The summed E-state index contributed by atoms with van der Waals surface area (Å²) >= 11 is 0. The molecule has 1 heterocycles. The van der Waals surface area contributed by atoms with E-state index in [1.165, 1.54) is 0 Å². The second kappa shape index (κ2) is 5.89. The summed E-state index contributed by atoms with van der Waals surface area (Å²) in [5, 5.41) is 3.91. The zero-order valence-electron chi connectivity index (χ0n) is 11.6. The molecule has 0 fully saturated rings. The maximum absolute atomic E-state index is 5.97. The number of nitrogens with zero attached hydrogens (tertiary/aromatic N) is 1. The molecule has 1 aromatic carbocycles. The highest BCUT2D eigenvalue weighted by atomic mass is 16.5. The predicted octanol–water partition coefficient (Wildman–Crippen LogP) is 3.28. The van der Waals surface area contributed by atoms with Crippen LogP contribution in [0.2, 0.25) is 0 Å². The maximum Gasteiger partial charge on any atom is 0.140 e. The van der Waals surface area contributed by atoms with Gasteiger partial charge < -0.3 is 15.0 Å². The number of hydrogen-bond donors (Lipinski definition) is 1. The van der Waals surface area contributed by atoms with E-state index in [1.807, 2.05) is 38.1 Å². The standard InChI is InChI=1S/C15H20N2O2/c1-4-15(16)12-5-7-13(8-6-12)18-9-14-10(2)17-19-11(14)3/h5-8,15H,4,9,16H2,1-3H3/t15-/m1/s1. The third-order valence-electron chi connectivity index (χ3n) is 3.31. The summed E-state index contributed by atoms with van der Waals surface area (Å²) in [5.41, 5.74) is 8.99. The zero-order chi connectivity index (χ0) is 13.8. The molecular formula is C15H20N2O2. The van der Waals surface area contributed by atoms with Crippen molar-refractivity contribution in [3.8, 4) is 5.75 Å². The lowest BCUT2D eigenvalue weighted by atomic mass is 10.1. The van der Waals surface area contributed by atoms with Crippen LogP contribution in [0.3, 0.4) is 0 Å². The Labute approximate surface area is 113 Å². The molecule has 0 amide bonds. The second-order valence-corrected chi connectivity index (χ2v) is 4.68. The van der Waals surface area contributed by atoms with Crippen LogP contribution in [0.15, 0.2) is 28.8 Å². The van der Waals surface area contributed by atoms with E-state index in [0.717, 1.165) is 34.8 Å². The Morgan fingerprint density at radius 3 is 2.47 bits per heavy atom. The Hall–Kier alpha value is -1.81. The number of benzene rings is 1. The average Bonchev–Trinajstić information content (AvgIpc) is 2.75. The molecule has 0 aliphatic carbocycles. The van der Waals surface area contributed by atoms with Crippen LogP contribution in [0, 0.1) is 13.8 Å². The number of ether oxygens (including phenoxy) is 1. The summed E-state index contributed by atoms with van der Waals surface area (Å²) in [6.07, 6.45) is 0.930. The Balaban J connectivity index is 2.01. The molecule has 0 saturated carbocycles. The van der Waals surface area contributed by atoms with Crippen LogP contribution in [0.5, 0.6) is 5.75 Å². The lowest BCUT2D eigenvalue weighted by Crippen LogP contribution is -2.08. The minimum Gasteiger partial charge on any atom is -0.489 e. The zero-order valence-corrected chi connectivity index (χ0v) is 11.6. The maximum atomic E-state index is 5.97. The number of hydrogen-bond acceptors (Lipinski definition) is 4. The van der Waals surface area contributed by atoms with Gasteiger partial charge in [0.2, 0.25) is 0 Å². The fraction of sp³-hybridized carbons (Fsp3) is 0.400. The van der Waals surface area contributed by atoms with Gasteiger partial charge in [-0.15, -0.1) is 0 Å². The predicted molar refractivity (Wildman–Crippen MR) is 74.0 cm³/mol. The molecule has 1 atom stereocenters. The third kappa shape index (κ3) is 3.15. The normalized spacial score (nSPS) is 12.4. The number of aromatic nitrogens is 1. The summed E-state index contributed by atoms with van der Waals surface area (Å²) in [5.74, 6) is 1.63. The van der Waals surface area contributed by atoms with Crippen molar-refractivity contribution in [2.45, 2.75) is 39.8 Å². The molecular weight excluding hydrogens is 240 g/mol. The van der Waals surface area contributed by atoms with Crippen molar-refractivity contribution in [2.24, 2.45) is 5.73 Å². The Bertz CT molecular complexity index is 512. The average molecular weight is 260 g/mol. The van der Waals surface area contributed by atoms with Crippen LogP contribution in [-0.2, 0) is 6.61 Å². The van der Waals surface area contributed by atoms with Crippen molar-refractivity contribution in [3.63, 3.8) is 0 Å². The number of nitrogens with two attached hydrogens (primary N) is 1. The van der Waals surface area contributed by atoms with Gasteiger partial charge in [0, 0.05) is 6.04 Å². The van der Waals surface area contributed by atoms with Crippen molar-refractivity contribution in [2.75, 3.05) is 0 Å². The molecule has 4 heteroatoms. The van der Waals surface area contributed by atoms with Gasteiger partial charge >= 0.3 is 0 Å². The van der Waals surface area contributed by atoms with E-state index in [-0.39, 0.29) is 6.04 Å². The first kappa shape index (κ1) is 13.6. The molecule has 4 nitrogen and oxygen atoms in total. The smallest absolute Gasteiger partial charge is 0.140 e. The minimum absolute atomic E-state index is 0.0941. The molecule has 0 unspecified atom stereocenters. The fourth-order valence-corrected chi connectivity index (χ4v) is 1.91. The van der Waals surface area contributed by atoms with E-state index in [4.69, 9.17) is 15.0 Å². The van der Waals surface area contributed by atoms with Crippen molar-refractivity contribution in [1.82, 2.24) is 5.16 Å². The van der Waals surface area contributed by atoms with E-state index >= 15 is 0 Å². The van der Waals surface area contributed by atoms with Crippen molar-refractivity contribution in [3.05, 3.63) is 46.8 Å². The summed E-state index contributed by atoms with van der Waals surface area (Å²) < 4.78 is 10.8. The molecule has 0 radical (unpaired) electrons. The lowest BCUT2D eigenvalue weighted by molar-refractivity contribution is 0.301. The van der Waals surface area contributed by atoms with E-state index in [2.05, 4.69) is 12.1 Å². The molecule has 0 bridgehead atoms. The first-order chi connectivity index (χ1) is 9.11. The van der Waals surface area contributed by atoms with Gasteiger partial charge in [-0.3, -0.25) is 0 Å². The largest absolute Gasteiger partial charge is 0.489 e. The van der Waals surface area contributed by atoms with Gasteiger partial charge in [-0.05, 0) is 38.0 Å². The van der Waals surface area contributed by atoms with E-state index in [9.17, 15) is 0 Å². The first-order valence-electron chi connectivity index (χ1n) is 6.52. The SMILES string of the molecule is CC[C@@H](N)c1ccc(OCc2c(C)noc2C)cc1. The van der Waals surface area contributed by atoms with Gasteiger partial charge in [0.1, 0.15) is 18.1 Å². The van der Waals surface area contributed by atoms with Crippen LogP contribution in [0.25, 0.3) is 0 Å². The molecule has 2 aromatic rings. The van der Waals surface area contributed by atoms with Gasteiger partial charge in [0.15, 0.2) is 0 Å². The van der Waals surface area contributed by atoms with E-state index in [0.29, 0.717) is 6.61 Å². The lowest BCUT2D eigenvalue weighted by Gasteiger charge is -2.10. The monoisotopic (exact) mass is 260 g/mol. The highest BCUT2D eigenvalue weighted by molar-refractivity contribution is 5.29. The highest BCUT2D eigenvalue weighted by Gasteiger charge is 2.09. The Morgan fingerprint density at radius 2 is 1.95 bits per heavy atom. The molecule has 0 spiro atoms. The van der Waals surface area contributed by atoms with Crippen LogP contribution in [0.1, 0.15) is 42.0 Å². The topological polar surface area (TPSA) is 61.3 Å². The minimum atomic E-state index is 0.0941. The van der Waals surface area contributed by atoms with Crippen LogP contribution < -0.4 is 10.5 Å². The summed E-state index contributed by atoms with van der Waals surface area (Å²) in [6.45, 7) is 6.35. The second-order valence-electron chi connectivity index (χ2n) is 4.68. The van der Waals surface area contributed by atoms with Gasteiger partial charge in [-0.1, -0.05) is 24.2 Å². The van der Waals surface area contributed by atoms with Gasteiger partial charge in [-0.25, -0.2) is 0 Å². The van der Waals surface area contributed by atoms with Gasteiger partial charge in [0.25, 0.3) is 0 Å². The molecule has 0 aliphatic heterocycles. The Kier molecular flexibility index (Phi) is 4.22. The van der Waals surface area contributed by atoms with Crippen molar-refractivity contribution < 1.29 is 9.26 Å². The van der Waals surface area contributed by atoms with Crippen LogP contribution in [0.4, 0.5) is 0 Å². The number of rotatable bonds is 5. The van der Waals surface area contributed by atoms with E-state index < -0.39 is 0 Å². The molecule has 2 rings (SSSR count). The van der Waals surface area contributed by atoms with Gasteiger partial charge in [-0.2, -0.15) is 0 Å². The molecule has 1 aromatic heterocycles. The third-order valence-corrected chi connectivity index (χ3v) is 3.31.